The molecule has 0 aliphatic rings. The van der Waals surface area contributed by atoms with E-state index in [4.69, 9.17) is 5.11 Å². The minimum Gasteiger partial charge on any atom is -0.478 e. The van der Waals surface area contributed by atoms with Crippen molar-refractivity contribution in [3.63, 3.8) is 0 Å². The number of carboxylic acids is 1. The van der Waals surface area contributed by atoms with Crippen LogP contribution in [0.1, 0.15) is 18.4 Å². The van der Waals surface area contributed by atoms with Gasteiger partial charge in [-0.1, -0.05) is 68.1 Å². The Labute approximate surface area is 113 Å². The van der Waals surface area contributed by atoms with Crippen LogP contribution in [0.5, 0.6) is 0 Å². The van der Waals surface area contributed by atoms with Crippen molar-refractivity contribution in [2.24, 2.45) is 0 Å². The van der Waals surface area contributed by atoms with E-state index in [0.717, 1.165) is 16.7 Å². The van der Waals surface area contributed by atoms with Gasteiger partial charge in [-0.05, 0) is 16.7 Å². The maximum atomic E-state index is 10.9. The van der Waals surface area contributed by atoms with E-state index in [1.54, 1.807) is 0 Å². The molecule has 1 atom stereocenters. The second kappa shape index (κ2) is 5.53. The van der Waals surface area contributed by atoms with E-state index in [0.29, 0.717) is 0 Å². The van der Waals surface area contributed by atoms with Crippen molar-refractivity contribution in [1.29, 1.82) is 0 Å². The molecule has 2 nitrogen and oxygen atoms in total. The van der Waals surface area contributed by atoms with Gasteiger partial charge >= 0.3 is 5.97 Å². The summed E-state index contributed by atoms with van der Waals surface area (Å²) in [7, 11) is 0. The van der Waals surface area contributed by atoms with Gasteiger partial charge in [-0.25, -0.2) is 4.79 Å². The third-order valence-corrected chi connectivity index (χ3v) is 3.32. The lowest BCUT2D eigenvalue weighted by atomic mass is 9.92. The number of rotatable bonds is 4. The molecular weight excluding hydrogens is 236 g/mol. The molecule has 2 rings (SSSR count). The van der Waals surface area contributed by atoms with Crippen LogP contribution in [-0.2, 0) is 4.79 Å². The van der Waals surface area contributed by atoms with Gasteiger partial charge in [-0.2, -0.15) is 0 Å². The van der Waals surface area contributed by atoms with Gasteiger partial charge in [-0.3, -0.25) is 0 Å². The van der Waals surface area contributed by atoms with Crippen LogP contribution in [0.4, 0.5) is 0 Å². The molecule has 1 N–H and O–H groups in total. The zero-order valence-electron chi connectivity index (χ0n) is 10.8. The summed E-state index contributed by atoms with van der Waals surface area (Å²) >= 11 is 0. The zero-order chi connectivity index (χ0) is 13.8. The van der Waals surface area contributed by atoms with Crippen LogP contribution >= 0.6 is 0 Å². The molecule has 0 heterocycles. The van der Waals surface area contributed by atoms with Gasteiger partial charge in [0, 0.05) is 11.5 Å². The quantitative estimate of drug-likeness (QED) is 0.832. The SMILES string of the molecule is C=C(C(=O)O)[C@@H](C)c1ccc(-c2ccccc2)cc1. The summed E-state index contributed by atoms with van der Waals surface area (Å²) in [4.78, 5) is 10.9. The lowest BCUT2D eigenvalue weighted by molar-refractivity contribution is -0.132. The first-order valence-electron chi connectivity index (χ1n) is 6.17. The molecule has 0 bridgehead atoms. The zero-order valence-corrected chi connectivity index (χ0v) is 10.8. The van der Waals surface area contributed by atoms with Crippen molar-refractivity contribution in [1.82, 2.24) is 0 Å². The number of carboxylic acid groups (broad SMARTS) is 1. The van der Waals surface area contributed by atoms with Crippen molar-refractivity contribution < 1.29 is 9.90 Å². The van der Waals surface area contributed by atoms with Crippen LogP contribution in [-0.4, -0.2) is 11.1 Å². The molecular formula is C17H16O2. The summed E-state index contributed by atoms with van der Waals surface area (Å²) in [6, 6.07) is 18.0. The molecule has 0 amide bonds. The molecule has 2 heteroatoms. The van der Waals surface area contributed by atoms with E-state index < -0.39 is 5.97 Å². The highest BCUT2D eigenvalue weighted by Crippen LogP contribution is 2.26. The van der Waals surface area contributed by atoms with Crippen molar-refractivity contribution in [3.05, 3.63) is 72.3 Å². The van der Waals surface area contributed by atoms with Gasteiger partial charge in [0.05, 0.1) is 0 Å². The first-order valence-corrected chi connectivity index (χ1v) is 6.17. The van der Waals surface area contributed by atoms with Crippen molar-refractivity contribution in [2.45, 2.75) is 12.8 Å². The third kappa shape index (κ3) is 2.91. The average molecular weight is 252 g/mol. The molecule has 2 aromatic carbocycles. The Morgan fingerprint density at radius 1 is 1.00 bits per heavy atom. The van der Waals surface area contributed by atoms with Crippen LogP contribution < -0.4 is 0 Å². The number of hydrogen-bond donors (Lipinski definition) is 1. The van der Waals surface area contributed by atoms with E-state index in [1.807, 2.05) is 49.4 Å². The minimum atomic E-state index is -0.945. The Hall–Kier alpha value is -2.35. The van der Waals surface area contributed by atoms with Gasteiger partial charge in [-0.15, -0.1) is 0 Å². The fourth-order valence-corrected chi connectivity index (χ4v) is 1.98. The van der Waals surface area contributed by atoms with Crippen LogP contribution in [0.15, 0.2) is 66.7 Å². The molecule has 0 saturated heterocycles. The maximum Gasteiger partial charge on any atom is 0.331 e. The summed E-state index contributed by atoms with van der Waals surface area (Å²) in [6.45, 7) is 5.47. The van der Waals surface area contributed by atoms with Crippen LogP contribution in [0, 0.1) is 0 Å². The first kappa shape index (κ1) is 13.1. The molecule has 2 aromatic rings. The molecule has 0 aliphatic carbocycles. The predicted molar refractivity (Wildman–Crippen MR) is 77.1 cm³/mol. The number of aliphatic carboxylic acids is 1. The van der Waals surface area contributed by atoms with Crippen LogP contribution in [0.2, 0.25) is 0 Å². The monoisotopic (exact) mass is 252 g/mol. The van der Waals surface area contributed by atoms with E-state index in [9.17, 15) is 4.79 Å². The van der Waals surface area contributed by atoms with Gasteiger partial charge in [0.2, 0.25) is 0 Å². The summed E-state index contributed by atoms with van der Waals surface area (Å²) in [5.41, 5.74) is 3.45. The van der Waals surface area contributed by atoms with Gasteiger partial charge < -0.3 is 5.11 Å². The highest BCUT2D eigenvalue weighted by atomic mass is 16.4. The Kier molecular flexibility index (Phi) is 3.81. The van der Waals surface area contributed by atoms with Crippen LogP contribution in [0.25, 0.3) is 11.1 Å². The fourth-order valence-electron chi connectivity index (χ4n) is 1.98. The third-order valence-electron chi connectivity index (χ3n) is 3.32. The predicted octanol–water partition coefficient (Wildman–Crippen LogP) is 4.10. The first-order chi connectivity index (χ1) is 9.09. The fraction of sp³-hybridized carbons (Fsp3) is 0.118. The average Bonchev–Trinajstić information content (AvgIpc) is 2.46. The number of carbonyl (C=O) groups is 1. The molecule has 0 spiro atoms. The molecule has 96 valence electrons. The van der Waals surface area contributed by atoms with E-state index in [2.05, 4.69) is 18.7 Å². The maximum absolute atomic E-state index is 10.9. The van der Waals surface area contributed by atoms with Crippen LogP contribution in [0.3, 0.4) is 0 Å². The molecule has 0 aliphatic heterocycles. The second-order valence-corrected chi connectivity index (χ2v) is 4.54. The Balaban J connectivity index is 2.24. The Morgan fingerprint density at radius 3 is 2.05 bits per heavy atom. The van der Waals surface area contributed by atoms with Crippen molar-refractivity contribution in [2.75, 3.05) is 0 Å². The van der Waals surface area contributed by atoms with E-state index in [1.165, 1.54) is 0 Å². The highest BCUT2D eigenvalue weighted by molar-refractivity contribution is 5.87. The summed E-state index contributed by atoms with van der Waals surface area (Å²) in [5, 5.41) is 8.95. The van der Waals surface area contributed by atoms with Crippen molar-refractivity contribution in [3.8, 4) is 11.1 Å². The topological polar surface area (TPSA) is 37.3 Å². The van der Waals surface area contributed by atoms with Gasteiger partial charge in [0.15, 0.2) is 0 Å². The van der Waals surface area contributed by atoms with E-state index >= 15 is 0 Å². The largest absolute Gasteiger partial charge is 0.478 e. The molecule has 19 heavy (non-hydrogen) atoms. The smallest absolute Gasteiger partial charge is 0.331 e. The summed E-state index contributed by atoms with van der Waals surface area (Å²) < 4.78 is 0. The van der Waals surface area contributed by atoms with Gasteiger partial charge in [0.25, 0.3) is 0 Å². The highest BCUT2D eigenvalue weighted by Gasteiger charge is 2.15. The molecule has 0 unspecified atom stereocenters. The second-order valence-electron chi connectivity index (χ2n) is 4.54. The Bertz CT molecular complexity index is 582. The lowest BCUT2D eigenvalue weighted by Gasteiger charge is -2.12. The summed E-state index contributed by atoms with van der Waals surface area (Å²) in [6.07, 6.45) is 0. The molecule has 0 saturated carbocycles. The van der Waals surface area contributed by atoms with Crippen molar-refractivity contribution >= 4 is 5.97 Å². The van der Waals surface area contributed by atoms with E-state index in [-0.39, 0.29) is 11.5 Å². The minimum absolute atomic E-state index is 0.178. The lowest BCUT2D eigenvalue weighted by Crippen LogP contribution is -2.07. The summed E-state index contributed by atoms with van der Waals surface area (Å²) in [5.74, 6) is -1.12. The number of hydrogen-bond acceptors (Lipinski definition) is 1. The molecule has 0 fully saturated rings. The molecule has 0 aromatic heterocycles. The molecule has 0 radical (unpaired) electrons. The number of benzene rings is 2. The normalized spacial score (nSPS) is 11.8. The van der Waals surface area contributed by atoms with Gasteiger partial charge in [0.1, 0.15) is 0 Å². The Morgan fingerprint density at radius 2 is 1.53 bits per heavy atom. The standard InChI is InChI=1S/C17H16O2/c1-12(13(2)17(18)19)14-8-10-16(11-9-14)15-6-4-3-5-7-15/h3-12H,2H2,1H3,(H,18,19)/t12-/m1/s1.